The van der Waals surface area contributed by atoms with E-state index in [1.165, 1.54) is 6.07 Å². The Bertz CT molecular complexity index is 415. The fourth-order valence-electron chi connectivity index (χ4n) is 0.976. The molecule has 0 saturated carbocycles. The highest BCUT2D eigenvalue weighted by Gasteiger charge is 2.20. The second kappa shape index (κ2) is 5.85. The Hall–Kier alpha value is -0.310. The van der Waals surface area contributed by atoms with Crippen LogP contribution in [0.2, 0.25) is 0 Å². The molecule has 0 radical (unpaired) electrons. The quantitative estimate of drug-likeness (QED) is 0.570. The summed E-state index contributed by atoms with van der Waals surface area (Å²) in [6, 6.07) is 1.42. The van der Waals surface area contributed by atoms with Crippen molar-refractivity contribution in [3.63, 3.8) is 0 Å². The number of carbonyl (C=O) groups is 1. The molecule has 0 aliphatic heterocycles. The monoisotopic (exact) mass is 405 g/mol. The van der Waals surface area contributed by atoms with Crippen LogP contribution in [0.3, 0.4) is 0 Å². The average molecular weight is 406 g/mol. The standard InChI is InChI=1S/C9H7BrF2INO2/c1-2-16-9(15)6-4(10)3-5(13)7(14-6)8(11)12/h3,8H,2H2,1H3. The van der Waals surface area contributed by atoms with Crippen molar-refractivity contribution >= 4 is 44.5 Å². The third-order valence-electron chi connectivity index (χ3n) is 1.63. The maximum atomic E-state index is 12.6. The first-order valence-corrected chi connectivity index (χ1v) is 6.15. The van der Waals surface area contributed by atoms with Gasteiger partial charge in [0.15, 0.2) is 5.69 Å². The van der Waals surface area contributed by atoms with Gasteiger partial charge in [-0.3, -0.25) is 0 Å². The Morgan fingerprint density at radius 2 is 2.31 bits per heavy atom. The van der Waals surface area contributed by atoms with E-state index in [1.807, 2.05) is 0 Å². The molecule has 0 saturated heterocycles. The first-order valence-electron chi connectivity index (χ1n) is 4.28. The largest absolute Gasteiger partial charge is 0.461 e. The van der Waals surface area contributed by atoms with E-state index < -0.39 is 18.1 Å². The van der Waals surface area contributed by atoms with Crippen LogP contribution in [-0.2, 0) is 4.74 Å². The van der Waals surface area contributed by atoms with Crippen LogP contribution >= 0.6 is 38.5 Å². The maximum Gasteiger partial charge on any atom is 0.358 e. The van der Waals surface area contributed by atoms with Crippen molar-refractivity contribution in [3.05, 3.63) is 25.5 Å². The first-order chi connectivity index (χ1) is 7.47. The highest BCUT2D eigenvalue weighted by Crippen LogP contribution is 2.27. The molecular weight excluding hydrogens is 399 g/mol. The number of halogens is 4. The summed E-state index contributed by atoms with van der Waals surface area (Å²) in [5.41, 5.74) is -0.538. The minimum Gasteiger partial charge on any atom is -0.461 e. The van der Waals surface area contributed by atoms with E-state index in [2.05, 4.69) is 20.9 Å². The van der Waals surface area contributed by atoms with E-state index in [0.29, 0.717) is 8.04 Å². The fourth-order valence-corrected chi connectivity index (χ4v) is 2.55. The average Bonchev–Trinajstić information content (AvgIpc) is 2.17. The van der Waals surface area contributed by atoms with Crippen LogP contribution in [0.1, 0.15) is 29.5 Å². The van der Waals surface area contributed by atoms with E-state index in [-0.39, 0.29) is 12.3 Å². The van der Waals surface area contributed by atoms with Gasteiger partial charge < -0.3 is 4.74 Å². The molecule has 0 aliphatic rings. The minimum absolute atomic E-state index is 0.127. The minimum atomic E-state index is -2.71. The molecule has 0 fully saturated rings. The summed E-state index contributed by atoms with van der Waals surface area (Å²) in [5, 5.41) is 0. The second-order valence-corrected chi connectivity index (χ2v) is 4.72. The predicted molar refractivity (Wildman–Crippen MR) is 65.6 cm³/mol. The summed E-state index contributed by atoms with van der Waals surface area (Å²) in [6.45, 7) is 1.80. The summed E-state index contributed by atoms with van der Waals surface area (Å²) >= 11 is 4.83. The number of ether oxygens (including phenoxy) is 1. The third kappa shape index (κ3) is 3.09. The highest BCUT2D eigenvalue weighted by atomic mass is 127. The van der Waals surface area contributed by atoms with Crippen LogP contribution in [0, 0.1) is 3.57 Å². The number of hydrogen-bond acceptors (Lipinski definition) is 3. The SMILES string of the molecule is CCOC(=O)c1nc(C(F)F)c(I)cc1Br. The number of esters is 1. The lowest BCUT2D eigenvalue weighted by molar-refractivity contribution is 0.0516. The van der Waals surface area contributed by atoms with Crippen LogP contribution in [-0.4, -0.2) is 17.6 Å². The van der Waals surface area contributed by atoms with Crippen molar-refractivity contribution < 1.29 is 18.3 Å². The van der Waals surface area contributed by atoms with Gasteiger partial charge in [-0.25, -0.2) is 18.6 Å². The Morgan fingerprint density at radius 3 is 2.81 bits per heavy atom. The maximum absolute atomic E-state index is 12.6. The normalized spacial score (nSPS) is 10.6. The lowest BCUT2D eigenvalue weighted by atomic mass is 10.3. The number of pyridine rings is 1. The first kappa shape index (κ1) is 13.8. The molecule has 0 unspecified atom stereocenters. The van der Waals surface area contributed by atoms with Gasteiger partial charge in [-0.15, -0.1) is 0 Å². The zero-order valence-corrected chi connectivity index (χ0v) is 11.9. The van der Waals surface area contributed by atoms with E-state index in [9.17, 15) is 13.6 Å². The van der Waals surface area contributed by atoms with Crippen LogP contribution in [0.15, 0.2) is 10.5 Å². The molecule has 7 heteroatoms. The Kier molecular flexibility index (Phi) is 5.03. The van der Waals surface area contributed by atoms with Crippen LogP contribution in [0.5, 0.6) is 0 Å². The molecule has 0 amide bonds. The van der Waals surface area contributed by atoms with Gasteiger partial charge in [-0.05, 0) is 51.5 Å². The molecule has 16 heavy (non-hydrogen) atoms. The van der Waals surface area contributed by atoms with Crippen molar-refractivity contribution in [1.82, 2.24) is 4.98 Å². The number of nitrogens with zero attached hydrogens (tertiary/aromatic N) is 1. The summed E-state index contributed by atoms with van der Waals surface area (Å²) in [4.78, 5) is 15.0. The number of alkyl halides is 2. The molecular formula is C9H7BrF2INO2. The van der Waals surface area contributed by atoms with Crippen molar-refractivity contribution in [3.8, 4) is 0 Å². The summed E-state index contributed by atoms with van der Waals surface area (Å²) in [7, 11) is 0. The van der Waals surface area contributed by atoms with E-state index in [1.54, 1.807) is 29.5 Å². The Balaban J connectivity index is 3.19. The van der Waals surface area contributed by atoms with Crippen molar-refractivity contribution in [2.45, 2.75) is 13.3 Å². The molecule has 1 heterocycles. The Morgan fingerprint density at radius 1 is 1.69 bits per heavy atom. The molecule has 0 N–H and O–H groups in total. The number of rotatable bonds is 3. The van der Waals surface area contributed by atoms with E-state index in [0.717, 1.165) is 0 Å². The van der Waals surface area contributed by atoms with Gasteiger partial charge in [0.2, 0.25) is 0 Å². The van der Waals surface area contributed by atoms with Gasteiger partial charge in [0.1, 0.15) is 5.69 Å². The van der Waals surface area contributed by atoms with E-state index >= 15 is 0 Å². The van der Waals surface area contributed by atoms with Gasteiger partial charge in [0, 0.05) is 3.57 Å². The third-order valence-corrected chi connectivity index (χ3v) is 3.10. The Labute approximate surface area is 113 Å². The smallest absolute Gasteiger partial charge is 0.358 e. The van der Waals surface area contributed by atoms with Gasteiger partial charge in [-0.1, -0.05) is 0 Å². The summed E-state index contributed by atoms with van der Waals surface area (Å²) in [6.07, 6.45) is -2.71. The van der Waals surface area contributed by atoms with Crippen molar-refractivity contribution in [2.24, 2.45) is 0 Å². The highest BCUT2D eigenvalue weighted by molar-refractivity contribution is 14.1. The molecule has 0 bridgehead atoms. The van der Waals surface area contributed by atoms with Crippen LogP contribution in [0.4, 0.5) is 8.78 Å². The van der Waals surface area contributed by atoms with Crippen LogP contribution < -0.4 is 0 Å². The summed E-state index contributed by atoms with van der Waals surface area (Å²) < 4.78 is 30.5. The van der Waals surface area contributed by atoms with E-state index in [4.69, 9.17) is 4.74 Å². The number of carbonyl (C=O) groups excluding carboxylic acids is 1. The van der Waals surface area contributed by atoms with Crippen LogP contribution in [0.25, 0.3) is 0 Å². The molecule has 0 spiro atoms. The molecule has 1 aromatic heterocycles. The molecule has 1 rings (SSSR count). The predicted octanol–water partition coefficient (Wildman–Crippen LogP) is 3.56. The molecule has 0 aliphatic carbocycles. The molecule has 1 aromatic rings. The second-order valence-electron chi connectivity index (χ2n) is 2.71. The molecule has 0 aromatic carbocycles. The molecule has 0 atom stereocenters. The number of aromatic nitrogens is 1. The zero-order chi connectivity index (χ0) is 12.3. The molecule has 88 valence electrons. The number of hydrogen-bond donors (Lipinski definition) is 0. The summed E-state index contributed by atoms with van der Waals surface area (Å²) in [5.74, 6) is -0.715. The lowest BCUT2D eigenvalue weighted by Gasteiger charge is -2.07. The van der Waals surface area contributed by atoms with Gasteiger partial charge in [-0.2, -0.15) is 0 Å². The topological polar surface area (TPSA) is 39.2 Å². The van der Waals surface area contributed by atoms with Gasteiger partial charge in [0.05, 0.1) is 11.1 Å². The van der Waals surface area contributed by atoms with Gasteiger partial charge >= 0.3 is 5.97 Å². The van der Waals surface area contributed by atoms with Crippen molar-refractivity contribution in [2.75, 3.05) is 6.61 Å². The fraction of sp³-hybridized carbons (Fsp3) is 0.333. The molecule has 3 nitrogen and oxygen atoms in total. The van der Waals surface area contributed by atoms with Gasteiger partial charge in [0.25, 0.3) is 6.43 Å². The van der Waals surface area contributed by atoms with Crippen molar-refractivity contribution in [1.29, 1.82) is 0 Å². The lowest BCUT2D eigenvalue weighted by Crippen LogP contribution is -2.10. The zero-order valence-electron chi connectivity index (χ0n) is 8.14.